The molecule has 0 saturated carbocycles. The molecular weight excluding hydrogens is 154 g/mol. The van der Waals surface area contributed by atoms with Crippen molar-refractivity contribution in [1.82, 2.24) is 0 Å². The molecule has 3 heteroatoms. The van der Waals surface area contributed by atoms with Gasteiger partial charge in [-0.2, -0.15) is 0 Å². The number of hydrogen-bond donors (Lipinski definition) is 0. The van der Waals surface area contributed by atoms with Gasteiger partial charge in [0.25, 0.3) is 0 Å². The minimum absolute atomic E-state index is 0. The lowest BCUT2D eigenvalue weighted by Crippen LogP contribution is -3.00. The summed E-state index contributed by atoms with van der Waals surface area (Å²) in [6.07, 6.45) is 0. The Morgan fingerprint density at radius 3 is 1.89 bits per heavy atom. The molecule has 0 amide bonds. The molecule has 0 aromatic carbocycles. The van der Waals surface area contributed by atoms with Gasteiger partial charge >= 0.3 is 0 Å². The molecule has 1 rings (SSSR count). The second kappa shape index (κ2) is 3.18. The van der Waals surface area contributed by atoms with Gasteiger partial charge in [0.15, 0.2) is 5.69 Å². The topological polar surface area (TPSA) is 14.1 Å². The van der Waals surface area contributed by atoms with Crippen molar-refractivity contribution in [3.05, 3.63) is 15.6 Å². The predicted octanol–water partition coefficient (Wildman–Crippen LogP) is -1.51. The summed E-state index contributed by atoms with van der Waals surface area (Å²) in [4.78, 5) is 4.62. The zero-order valence-electron chi connectivity index (χ0n) is 5.79. The molecule has 0 fully saturated rings. The molecule has 1 N–H and O–H groups in total. The van der Waals surface area contributed by atoms with E-state index in [4.69, 9.17) is 0 Å². The molecule has 0 atom stereocenters. The van der Waals surface area contributed by atoms with Gasteiger partial charge in [-0.25, -0.2) is 4.98 Å². The number of thiazole rings is 1. The number of aromatic nitrogens is 1. The second-order valence-corrected chi connectivity index (χ2v) is 3.39. The molecule has 0 radical (unpaired) electrons. The van der Waals surface area contributed by atoms with E-state index in [1.54, 1.807) is 0 Å². The number of aryl methyl sites for hydroxylation is 3. The summed E-state index contributed by atoms with van der Waals surface area (Å²) in [6, 6.07) is 0. The van der Waals surface area contributed by atoms with Crippen LogP contribution in [0.15, 0.2) is 0 Å². The monoisotopic (exact) mass is 163 g/mol. The Labute approximate surface area is 65.5 Å². The number of aromatic amines is 1. The van der Waals surface area contributed by atoms with Crippen molar-refractivity contribution >= 4 is 11.3 Å². The van der Waals surface area contributed by atoms with Gasteiger partial charge in [0.05, 0.1) is 4.88 Å². The maximum atomic E-state index is 3.23. The fourth-order valence-corrected chi connectivity index (χ4v) is 1.55. The van der Waals surface area contributed by atoms with Crippen molar-refractivity contribution in [3.8, 4) is 0 Å². The van der Waals surface area contributed by atoms with E-state index < -0.39 is 0 Å². The number of hydrogen-bond acceptors (Lipinski definition) is 1. The summed E-state index contributed by atoms with van der Waals surface area (Å²) in [5.74, 6) is 0. The van der Waals surface area contributed by atoms with Gasteiger partial charge in [-0.15, -0.1) is 0 Å². The first kappa shape index (κ1) is 8.92. The van der Waals surface area contributed by atoms with Crippen molar-refractivity contribution in [2.45, 2.75) is 20.8 Å². The molecule has 0 saturated heterocycles. The lowest BCUT2D eigenvalue weighted by Gasteiger charge is -1.70. The summed E-state index contributed by atoms with van der Waals surface area (Å²) in [5.41, 5.74) is 1.30. The highest BCUT2D eigenvalue weighted by atomic mass is 35.5. The Bertz CT molecular complexity index is 175. The van der Waals surface area contributed by atoms with Crippen LogP contribution in [0.25, 0.3) is 0 Å². The van der Waals surface area contributed by atoms with E-state index >= 15 is 0 Å². The first-order valence-electron chi connectivity index (χ1n) is 2.66. The summed E-state index contributed by atoms with van der Waals surface area (Å²) >= 11 is 1.81. The Balaban J connectivity index is 0.000000640. The molecule has 0 aliphatic heterocycles. The van der Waals surface area contributed by atoms with Gasteiger partial charge in [0, 0.05) is 13.8 Å². The van der Waals surface area contributed by atoms with Crippen LogP contribution >= 0.6 is 11.3 Å². The smallest absolute Gasteiger partial charge is 0.232 e. The van der Waals surface area contributed by atoms with Crippen LogP contribution in [-0.4, -0.2) is 0 Å². The Morgan fingerprint density at radius 1 is 1.22 bits per heavy atom. The number of halogens is 1. The predicted molar refractivity (Wildman–Crippen MR) is 35.1 cm³/mol. The average molecular weight is 164 g/mol. The van der Waals surface area contributed by atoms with Crippen LogP contribution in [0.1, 0.15) is 15.6 Å². The van der Waals surface area contributed by atoms with Crippen molar-refractivity contribution in [3.63, 3.8) is 0 Å². The van der Waals surface area contributed by atoms with Gasteiger partial charge in [-0.1, -0.05) is 11.3 Å². The zero-order valence-corrected chi connectivity index (χ0v) is 7.36. The van der Waals surface area contributed by atoms with Crippen LogP contribution in [0.2, 0.25) is 0 Å². The molecule has 1 aromatic rings. The quantitative estimate of drug-likeness (QED) is 0.442. The molecule has 1 heterocycles. The van der Waals surface area contributed by atoms with E-state index in [1.165, 1.54) is 15.6 Å². The first-order valence-corrected chi connectivity index (χ1v) is 3.47. The van der Waals surface area contributed by atoms with Gasteiger partial charge in [0.1, 0.15) is 0 Å². The van der Waals surface area contributed by atoms with Crippen molar-refractivity contribution < 1.29 is 17.4 Å². The largest absolute Gasteiger partial charge is 1.00 e. The summed E-state index contributed by atoms with van der Waals surface area (Å²) in [7, 11) is 0. The van der Waals surface area contributed by atoms with Crippen molar-refractivity contribution in [2.24, 2.45) is 0 Å². The highest BCUT2D eigenvalue weighted by molar-refractivity contribution is 7.11. The van der Waals surface area contributed by atoms with Gasteiger partial charge < -0.3 is 12.4 Å². The summed E-state index contributed by atoms with van der Waals surface area (Å²) in [6.45, 7) is 6.31. The molecule has 52 valence electrons. The number of nitrogens with one attached hydrogen (secondary N) is 1. The van der Waals surface area contributed by atoms with E-state index in [0.717, 1.165) is 0 Å². The third-order valence-corrected chi connectivity index (χ3v) is 2.22. The van der Waals surface area contributed by atoms with Crippen LogP contribution < -0.4 is 17.4 Å². The highest BCUT2D eigenvalue weighted by Crippen LogP contribution is 2.09. The molecule has 0 spiro atoms. The minimum atomic E-state index is 0. The van der Waals surface area contributed by atoms with Crippen molar-refractivity contribution in [1.29, 1.82) is 0 Å². The Morgan fingerprint density at radius 2 is 1.78 bits per heavy atom. The molecule has 0 aliphatic rings. The lowest BCUT2D eigenvalue weighted by atomic mass is 10.4. The molecule has 0 aliphatic carbocycles. The first-order chi connectivity index (χ1) is 3.70. The number of H-pyrrole nitrogens is 1. The van der Waals surface area contributed by atoms with Gasteiger partial charge in [-0.3, -0.25) is 0 Å². The Kier molecular flexibility index (Phi) is 3.15. The average Bonchev–Trinajstić information content (AvgIpc) is 1.85. The SMILES string of the molecule is Cc1[nH+]c(C)c(C)s1.[Cl-]. The fourth-order valence-electron chi connectivity index (χ4n) is 0.684. The molecule has 0 unspecified atom stereocenters. The zero-order chi connectivity index (χ0) is 6.15. The number of rotatable bonds is 0. The van der Waals surface area contributed by atoms with Crippen LogP contribution in [-0.2, 0) is 0 Å². The molecule has 0 bridgehead atoms. The van der Waals surface area contributed by atoms with E-state index in [9.17, 15) is 0 Å². The van der Waals surface area contributed by atoms with Gasteiger partial charge in [-0.05, 0) is 6.92 Å². The van der Waals surface area contributed by atoms with Crippen LogP contribution in [0.3, 0.4) is 0 Å². The van der Waals surface area contributed by atoms with Crippen LogP contribution in [0, 0.1) is 20.8 Å². The van der Waals surface area contributed by atoms with E-state index in [0.29, 0.717) is 0 Å². The van der Waals surface area contributed by atoms with E-state index in [-0.39, 0.29) is 12.4 Å². The molecular formula is C6H10ClNS. The second-order valence-electron chi connectivity index (χ2n) is 1.96. The Hall–Kier alpha value is -0.0800. The maximum Gasteiger partial charge on any atom is 0.232 e. The van der Waals surface area contributed by atoms with E-state index in [1.807, 2.05) is 11.3 Å². The molecule has 1 aromatic heterocycles. The third-order valence-electron chi connectivity index (χ3n) is 1.20. The third kappa shape index (κ3) is 1.95. The molecule has 1 nitrogen and oxygen atoms in total. The van der Waals surface area contributed by atoms with Crippen LogP contribution in [0.5, 0.6) is 0 Å². The molecule has 9 heavy (non-hydrogen) atoms. The minimum Gasteiger partial charge on any atom is -1.00 e. The van der Waals surface area contributed by atoms with Gasteiger partial charge in [0.2, 0.25) is 5.01 Å². The highest BCUT2D eigenvalue weighted by Gasteiger charge is 2.03. The lowest BCUT2D eigenvalue weighted by molar-refractivity contribution is -0.389. The van der Waals surface area contributed by atoms with Crippen LogP contribution in [0.4, 0.5) is 0 Å². The van der Waals surface area contributed by atoms with E-state index in [2.05, 4.69) is 25.8 Å². The normalized spacial score (nSPS) is 8.78. The fraction of sp³-hybridized carbons (Fsp3) is 0.500. The standard InChI is InChI=1S/C6H9NS.ClH/c1-4-5(2)8-6(3)7-4;/h1-3H3;1H. The summed E-state index contributed by atoms with van der Waals surface area (Å²) in [5, 5.41) is 1.29. The summed E-state index contributed by atoms with van der Waals surface area (Å²) < 4.78 is 0. The van der Waals surface area contributed by atoms with Crippen molar-refractivity contribution in [2.75, 3.05) is 0 Å². The maximum absolute atomic E-state index is 3.23.